The van der Waals surface area contributed by atoms with Gasteiger partial charge in [0.15, 0.2) is 0 Å². The molecule has 3 aliphatic rings. The summed E-state index contributed by atoms with van der Waals surface area (Å²) in [6, 6.07) is 0. The van der Waals surface area contributed by atoms with Gasteiger partial charge in [-0.15, -0.1) is 0 Å². The zero-order valence-corrected chi connectivity index (χ0v) is 16.8. The van der Waals surface area contributed by atoms with Gasteiger partial charge >= 0.3 is 5.97 Å². The normalized spacial score (nSPS) is 37.3. The molecule has 0 aromatic rings. The Labute approximate surface area is 150 Å². The fraction of sp³-hybridized carbons (Fsp3) is 0.944. The Balaban J connectivity index is 1.76. The van der Waals surface area contributed by atoms with Crippen LogP contribution in [0.4, 0.5) is 0 Å². The van der Waals surface area contributed by atoms with E-state index in [9.17, 15) is 13.2 Å². The van der Waals surface area contributed by atoms with Crippen molar-refractivity contribution in [1.29, 1.82) is 0 Å². The SMILES string of the molecule is CCC(C)(C)C(=O)OC(OC1C2CC3C1OS(=O)(=O)C3C2)C(C)(C)C. The molecule has 1 aliphatic heterocycles. The molecule has 6 atom stereocenters. The number of carbonyl (C=O) groups is 1. The topological polar surface area (TPSA) is 78.9 Å². The Bertz CT molecular complexity index is 647. The van der Waals surface area contributed by atoms with Crippen LogP contribution < -0.4 is 0 Å². The van der Waals surface area contributed by atoms with Crippen LogP contribution in [0.2, 0.25) is 0 Å². The van der Waals surface area contributed by atoms with Crippen LogP contribution in [0.15, 0.2) is 0 Å². The summed E-state index contributed by atoms with van der Waals surface area (Å²) in [7, 11) is -3.47. The van der Waals surface area contributed by atoms with E-state index >= 15 is 0 Å². The van der Waals surface area contributed by atoms with Crippen molar-refractivity contribution in [2.45, 2.75) is 84.6 Å². The van der Waals surface area contributed by atoms with Gasteiger partial charge in [-0.2, -0.15) is 8.42 Å². The molecule has 0 spiro atoms. The van der Waals surface area contributed by atoms with Crippen molar-refractivity contribution >= 4 is 16.1 Å². The summed E-state index contributed by atoms with van der Waals surface area (Å²) < 4.78 is 41.5. The fourth-order valence-corrected chi connectivity index (χ4v) is 5.90. The van der Waals surface area contributed by atoms with Gasteiger partial charge in [0.25, 0.3) is 10.1 Å². The number of ether oxygens (including phenoxy) is 2. The average molecular weight is 374 g/mol. The number of hydrogen-bond acceptors (Lipinski definition) is 6. The minimum atomic E-state index is -3.47. The molecule has 6 unspecified atom stereocenters. The summed E-state index contributed by atoms with van der Waals surface area (Å²) >= 11 is 0. The number of hydrogen-bond donors (Lipinski definition) is 0. The largest absolute Gasteiger partial charge is 0.435 e. The average Bonchev–Trinajstić information content (AvgIpc) is 3.09. The third kappa shape index (κ3) is 3.23. The van der Waals surface area contributed by atoms with Crippen LogP contribution in [0.1, 0.15) is 60.8 Å². The standard InChI is InChI=1S/C18H30O6S/c1-7-18(5,6)15(19)23-16(17(2,3)4)22-13-10-8-11-12(9-10)25(20,21)24-14(11)13/h10-14,16H,7-9H2,1-6H3. The predicted octanol–water partition coefficient (Wildman–Crippen LogP) is 2.86. The fourth-order valence-electron chi connectivity index (χ4n) is 4.02. The summed E-state index contributed by atoms with van der Waals surface area (Å²) in [6.45, 7) is 11.5. The highest BCUT2D eigenvalue weighted by molar-refractivity contribution is 7.87. The quantitative estimate of drug-likeness (QED) is 0.418. The summed E-state index contributed by atoms with van der Waals surface area (Å²) in [5.41, 5.74) is -1.00. The highest BCUT2D eigenvalue weighted by Crippen LogP contribution is 2.56. The molecule has 6 nitrogen and oxygen atoms in total. The van der Waals surface area contributed by atoms with Crippen molar-refractivity contribution in [1.82, 2.24) is 0 Å². The Hall–Kier alpha value is -0.660. The third-order valence-corrected chi connectivity index (χ3v) is 7.83. The van der Waals surface area contributed by atoms with Crippen LogP contribution in [0.3, 0.4) is 0 Å². The first-order valence-corrected chi connectivity index (χ1v) is 10.6. The van der Waals surface area contributed by atoms with Crippen molar-refractivity contribution in [3.63, 3.8) is 0 Å². The first kappa shape index (κ1) is 19.1. The van der Waals surface area contributed by atoms with Gasteiger partial charge in [0.1, 0.15) is 6.10 Å². The summed E-state index contributed by atoms with van der Waals surface area (Å²) in [5, 5.41) is -0.378. The smallest absolute Gasteiger partial charge is 0.313 e. The molecule has 0 aromatic heterocycles. The lowest BCUT2D eigenvalue weighted by Crippen LogP contribution is -2.45. The van der Waals surface area contributed by atoms with E-state index in [1.807, 2.05) is 41.5 Å². The molecule has 2 aliphatic carbocycles. The van der Waals surface area contributed by atoms with Gasteiger partial charge in [-0.05, 0) is 39.0 Å². The van der Waals surface area contributed by atoms with E-state index in [1.54, 1.807) is 0 Å². The molecule has 1 saturated heterocycles. The molecular formula is C18H30O6S. The van der Waals surface area contributed by atoms with E-state index in [4.69, 9.17) is 13.7 Å². The van der Waals surface area contributed by atoms with E-state index in [1.165, 1.54) is 0 Å². The summed E-state index contributed by atoms with van der Waals surface area (Å²) in [6.07, 6.45) is 0.559. The van der Waals surface area contributed by atoms with Crippen molar-refractivity contribution in [2.24, 2.45) is 22.7 Å². The highest BCUT2D eigenvalue weighted by Gasteiger charge is 2.65. The molecule has 0 radical (unpaired) electrons. The first-order valence-electron chi connectivity index (χ1n) is 9.15. The van der Waals surface area contributed by atoms with Gasteiger partial charge in [0.05, 0.1) is 16.8 Å². The Morgan fingerprint density at radius 2 is 1.84 bits per heavy atom. The number of fused-ring (bicyclic) bond motifs is 1. The van der Waals surface area contributed by atoms with Crippen LogP contribution >= 0.6 is 0 Å². The molecule has 0 aromatic carbocycles. The van der Waals surface area contributed by atoms with Crippen LogP contribution in [0.25, 0.3) is 0 Å². The second kappa shape index (κ2) is 5.92. The van der Waals surface area contributed by atoms with E-state index in [0.29, 0.717) is 12.8 Å². The minimum Gasteiger partial charge on any atom is -0.435 e. The van der Waals surface area contributed by atoms with Gasteiger partial charge in [-0.1, -0.05) is 27.7 Å². The Kier molecular flexibility index (Phi) is 4.53. The molecule has 1 heterocycles. The lowest BCUT2D eigenvalue weighted by atomic mass is 9.89. The van der Waals surface area contributed by atoms with Gasteiger partial charge < -0.3 is 9.47 Å². The lowest BCUT2D eigenvalue weighted by Gasteiger charge is -2.37. The molecule has 0 N–H and O–H groups in total. The van der Waals surface area contributed by atoms with E-state index < -0.39 is 33.3 Å². The monoisotopic (exact) mass is 374 g/mol. The van der Waals surface area contributed by atoms with Crippen molar-refractivity contribution in [3.05, 3.63) is 0 Å². The van der Waals surface area contributed by atoms with Gasteiger partial charge in [-0.25, -0.2) is 0 Å². The molecule has 2 bridgehead atoms. The van der Waals surface area contributed by atoms with Crippen LogP contribution in [-0.4, -0.2) is 38.1 Å². The minimum absolute atomic E-state index is 0.0170. The van der Waals surface area contributed by atoms with Gasteiger partial charge in [0, 0.05) is 11.3 Å². The lowest BCUT2D eigenvalue weighted by molar-refractivity contribution is -0.238. The Morgan fingerprint density at radius 3 is 2.40 bits per heavy atom. The molecule has 3 fully saturated rings. The van der Waals surface area contributed by atoms with Crippen LogP contribution in [0.5, 0.6) is 0 Å². The molecule has 25 heavy (non-hydrogen) atoms. The van der Waals surface area contributed by atoms with Crippen molar-refractivity contribution < 1.29 is 26.9 Å². The maximum atomic E-state index is 12.5. The maximum absolute atomic E-state index is 12.5. The zero-order chi connectivity index (χ0) is 18.8. The molecular weight excluding hydrogens is 344 g/mol. The van der Waals surface area contributed by atoms with E-state index in [-0.39, 0.29) is 29.2 Å². The van der Waals surface area contributed by atoms with Crippen LogP contribution in [-0.2, 0) is 28.6 Å². The second-order valence-electron chi connectivity index (χ2n) is 9.43. The van der Waals surface area contributed by atoms with Crippen molar-refractivity contribution in [3.8, 4) is 0 Å². The van der Waals surface area contributed by atoms with Gasteiger partial charge in [-0.3, -0.25) is 8.98 Å². The zero-order valence-electron chi connectivity index (χ0n) is 15.9. The highest BCUT2D eigenvalue weighted by atomic mass is 32.2. The molecule has 2 saturated carbocycles. The molecule has 7 heteroatoms. The van der Waals surface area contributed by atoms with Gasteiger partial charge in [0.2, 0.25) is 6.29 Å². The summed E-state index contributed by atoms with van der Waals surface area (Å²) in [4.78, 5) is 12.5. The third-order valence-electron chi connectivity index (χ3n) is 6.05. The van der Waals surface area contributed by atoms with E-state index in [0.717, 1.165) is 6.42 Å². The predicted molar refractivity (Wildman–Crippen MR) is 92.1 cm³/mol. The second-order valence-corrected chi connectivity index (χ2v) is 11.2. The number of rotatable bonds is 5. The first-order chi connectivity index (χ1) is 11.4. The molecule has 0 amide bonds. The molecule has 144 valence electrons. The summed E-state index contributed by atoms with van der Waals surface area (Å²) in [5.74, 6) is -0.126. The Morgan fingerprint density at radius 1 is 1.20 bits per heavy atom. The van der Waals surface area contributed by atoms with Crippen LogP contribution in [0, 0.1) is 22.7 Å². The number of esters is 1. The number of carbonyl (C=O) groups excluding carboxylic acids is 1. The maximum Gasteiger partial charge on any atom is 0.313 e. The van der Waals surface area contributed by atoms with E-state index in [2.05, 4.69) is 0 Å². The van der Waals surface area contributed by atoms with Crippen molar-refractivity contribution in [2.75, 3.05) is 0 Å². The molecule has 3 rings (SSSR count).